The molecular formula is C18H17BrClN5O4. The average Bonchev–Trinajstić information content (AvgIpc) is 2.99. The first-order valence-corrected chi connectivity index (χ1v) is 10.00. The summed E-state index contributed by atoms with van der Waals surface area (Å²) in [6, 6.07) is 4.61. The molecule has 152 valence electrons. The summed E-state index contributed by atoms with van der Waals surface area (Å²) in [5, 5.41) is 14.8. The van der Waals surface area contributed by atoms with Crippen molar-refractivity contribution in [1.29, 1.82) is 0 Å². The van der Waals surface area contributed by atoms with Gasteiger partial charge < -0.3 is 25.2 Å². The summed E-state index contributed by atoms with van der Waals surface area (Å²) in [5.41, 5.74) is 0.737. The van der Waals surface area contributed by atoms with E-state index in [1.165, 1.54) is 17.2 Å². The number of hydrogen-bond donors (Lipinski definition) is 3. The van der Waals surface area contributed by atoms with Crippen LogP contribution >= 0.6 is 27.5 Å². The lowest BCUT2D eigenvalue weighted by Crippen LogP contribution is -2.36. The Hall–Kier alpha value is -2.59. The summed E-state index contributed by atoms with van der Waals surface area (Å²) in [4.78, 5) is 41.2. The molecule has 1 unspecified atom stereocenters. The van der Waals surface area contributed by atoms with Gasteiger partial charge in [-0.25, -0.2) is 9.78 Å². The Morgan fingerprint density at radius 3 is 2.48 bits per heavy atom. The second-order valence-electron chi connectivity index (χ2n) is 7.13. The second-order valence-corrected chi connectivity index (χ2v) is 8.35. The number of likely N-dealkylation sites (tertiary alicyclic amines) is 1. The van der Waals surface area contributed by atoms with Gasteiger partial charge in [-0.05, 0) is 34.1 Å². The van der Waals surface area contributed by atoms with Crippen molar-refractivity contribution in [3.8, 4) is 0 Å². The van der Waals surface area contributed by atoms with E-state index >= 15 is 0 Å². The van der Waals surface area contributed by atoms with Gasteiger partial charge in [0.25, 0.3) is 11.8 Å². The van der Waals surface area contributed by atoms with Gasteiger partial charge in [0.05, 0.1) is 16.8 Å². The minimum Gasteiger partial charge on any atom is -0.465 e. The van der Waals surface area contributed by atoms with Crippen molar-refractivity contribution in [3.05, 3.63) is 45.4 Å². The molecule has 1 aromatic carbocycles. The van der Waals surface area contributed by atoms with Gasteiger partial charge in [0.1, 0.15) is 4.60 Å². The average molecular weight is 483 g/mol. The van der Waals surface area contributed by atoms with E-state index in [2.05, 4.69) is 31.5 Å². The zero-order chi connectivity index (χ0) is 20.9. The van der Waals surface area contributed by atoms with Gasteiger partial charge in [0, 0.05) is 43.7 Å². The summed E-state index contributed by atoms with van der Waals surface area (Å²) < 4.78 is 2.26. The number of anilines is 1. The monoisotopic (exact) mass is 481 g/mol. The molecule has 0 bridgehead atoms. The predicted octanol–water partition coefficient (Wildman–Crippen LogP) is 2.43. The van der Waals surface area contributed by atoms with Crippen LogP contribution in [0.3, 0.4) is 0 Å². The third-order valence-corrected chi connectivity index (χ3v) is 6.42. The number of carboxylic acid groups (broad SMARTS) is 1. The van der Waals surface area contributed by atoms with Gasteiger partial charge in [0.2, 0.25) is 0 Å². The highest BCUT2D eigenvalue weighted by atomic mass is 79.9. The summed E-state index contributed by atoms with van der Waals surface area (Å²) in [5.74, 6) is -0.179. The van der Waals surface area contributed by atoms with Crippen molar-refractivity contribution in [2.45, 2.75) is 6.04 Å². The smallest absolute Gasteiger partial charge is 0.407 e. The number of nitrogens with zero attached hydrogens (tertiary/aromatic N) is 3. The number of rotatable bonds is 4. The van der Waals surface area contributed by atoms with Crippen LogP contribution in [0.1, 0.15) is 21.0 Å². The highest BCUT2D eigenvalue weighted by Crippen LogP contribution is 2.45. The quantitative estimate of drug-likeness (QED) is 0.619. The Morgan fingerprint density at radius 2 is 1.93 bits per heavy atom. The van der Waals surface area contributed by atoms with E-state index in [0.717, 1.165) is 0 Å². The molecular weight excluding hydrogens is 466 g/mol. The number of carbonyl (C=O) groups is 3. The Bertz CT molecular complexity index is 1010. The molecule has 3 amide bonds. The maximum Gasteiger partial charge on any atom is 0.407 e. The van der Waals surface area contributed by atoms with E-state index in [1.807, 2.05) is 0 Å². The van der Waals surface area contributed by atoms with Crippen molar-refractivity contribution in [3.63, 3.8) is 0 Å². The lowest BCUT2D eigenvalue weighted by atomic mass is 10.2. The van der Waals surface area contributed by atoms with Gasteiger partial charge in [-0.3, -0.25) is 9.59 Å². The van der Waals surface area contributed by atoms with Crippen LogP contribution in [0.5, 0.6) is 0 Å². The number of carbonyl (C=O) groups excluding carboxylic acids is 2. The fourth-order valence-corrected chi connectivity index (χ4v) is 4.23. The van der Waals surface area contributed by atoms with Gasteiger partial charge in [0.15, 0.2) is 5.82 Å². The number of hydrogen-bond acceptors (Lipinski definition) is 4. The first-order valence-electron chi connectivity index (χ1n) is 8.83. The van der Waals surface area contributed by atoms with Crippen molar-refractivity contribution >= 4 is 51.1 Å². The van der Waals surface area contributed by atoms with Crippen LogP contribution in [0.2, 0.25) is 5.02 Å². The van der Waals surface area contributed by atoms with Crippen molar-refractivity contribution in [2.24, 2.45) is 18.9 Å². The Morgan fingerprint density at radius 1 is 1.24 bits per heavy atom. The maximum absolute atomic E-state index is 12.5. The molecule has 1 aliphatic carbocycles. The number of piperidine rings is 1. The van der Waals surface area contributed by atoms with E-state index in [4.69, 9.17) is 16.7 Å². The number of halogens is 2. The molecule has 2 aromatic rings. The topological polar surface area (TPSA) is 117 Å². The molecule has 2 fully saturated rings. The molecule has 0 spiro atoms. The maximum atomic E-state index is 12.5. The normalized spacial score (nSPS) is 22.2. The van der Waals surface area contributed by atoms with Crippen LogP contribution in [0.15, 0.2) is 29.0 Å². The van der Waals surface area contributed by atoms with Crippen molar-refractivity contribution in [2.75, 3.05) is 18.4 Å². The number of nitrogens with one attached hydrogen (secondary N) is 2. The fraction of sp³-hybridized carbons (Fsp3) is 0.333. The lowest BCUT2D eigenvalue weighted by molar-refractivity contribution is 0.0942. The molecule has 1 saturated carbocycles. The molecule has 0 radical (unpaired) electrons. The van der Waals surface area contributed by atoms with E-state index in [0.29, 0.717) is 28.9 Å². The Kier molecular flexibility index (Phi) is 4.99. The molecule has 11 heteroatoms. The van der Waals surface area contributed by atoms with Crippen molar-refractivity contribution in [1.82, 2.24) is 19.8 Å². The summed E-state index contributed by atoms with van der Waals surface area (Å²) in [7, 11) is 1.70. The number of imidazole rings is 1. The zero-order valence-electron chi connectivity index (χ0n) is 15.2. The molecule has 2 aliphatic rings. The van der Waals surface area contributed by atoms with E-state index in [-0.39, 0.29) is 34.6 Å². The SMILES string of the molecule is Cn1c(Br)cnc1C(=O)Nc1ccc(C(=O)NC2[C@H]3CN(C(=O)O)C[C@@H]23)c(Cl)c1. The number of aromatic nitrogens is 2. The molecule has 1 aromatic heterocycles. The molecule has 29 heavy (non-hydrogen) atoms. The number of amides is 3. The first kappa shape index (κ1) is 19.7. The van der Waals surface area contributed by atoms with E-state index in [9.17, 15) is 14.4 Å². The van der Waals surface area contributed by atoms with Crippen LogP contribution < -0.4 is 10.6 Å². The molecule has 1 aliphatic heterocycles. The molecule has 1 saturated heterocycles. The molecule has 2 heterocycles. The second kappa shape index (κ2) is 7.34. The highest BCUT2D eigenvalue weighted by Gasteiger charge is 2.57. The third kappa shape index (κ3) is 3.69. The van der Waals surface area contributed by atoms with Crippen LogP contribution in [0, 0.1) is 11.8 Å². The van der Waals surface area contributed by atoms with Crippen molar-refractivity contribution < 1.29 is 19.5 Å². The minimum absolute atomic E-state index is 0.0320. The fourth-order valence-electron chi connectivity index (χ4n) is 3.69. The van der Waals surface area contributed by atoms with E-state index in [1.54, 1.807) is 23.7 Å². The van der Waals surface area contributed by atoms with Crippen LogP contribution in [-0.2, 0) is 7.05 Å². The number of benzene rings is 1. The summed E-state index contributed by atoms with van der Waals surface area (Å²) >= 11 is 9.53. The standard InChI is InChI=1S/C18H17BrClN5O4/c1-24-13(19)5-21-15(24)17(27)22-8-2-3-9(12(20)4-8)16(26)23-14-10-6-25(18(28)29)7-11(10)14/h2-5,10-11,14H,6-7H2,1H3,(H,22,27)(H,23,26)(H,28,29)/t10-,11+,14?. The minimum atomic E-state index is -0.930. The third-order valence-electron chi connectivity index (χ3n) is 5.37. The van der Waals surface area contributed by atoms with E-state index < -0.39 is 12.0 Å². The first-order chi connectivity index (χ1) is 13.8. The lowest BCUT2D eigenvalue weighted by Gasteiger charge is -2.16. The number of fused-ring (bicyclic) bond motifs is 1. The zero-order valence-corrected chi connectivity index (χ0v) is 17.6. The highest BCUT2D eigenvalue weighted by molar-refractivity contribution is 9.10. The van der Waals surface area contributed by atoms with Gasteiger partial charge in [-0.2, -0.15) is 0 Å². The van der Waals surface area contributed by atoms with Crippen LogP contribution in [0.25, 0.3) is 0 Å². The Labute approximate surface area is 179 Å². The van der Waals surface area contributed by atoms with Gasteiger partial charge in [-0.1, -0.05) is 11.6 Å². The largest absolute Gasteiger partial charge is 0.465 e. The molecule has 9 nitrogen and oxygen atoms in total. The van der Waals surface area contributed by atoms with Crippen LogP contribution in [0.4, 0.5) is 10.5 Å². The molecule has 4 rings (SSSR count). The summed E-state index contributed by atoms with van der Waals surface area (Å²) in [6.07, 6.45) is 0.596. The molecule has 3 N–H and O–H groups in total. The van der Waals surface area contributed by atoms with Gasteiger partial charge >= 0.3 is 6.09 Å². The van der Waals surface area contributed by atoms with Gasteiger partial charge in [-0.15, -0.1) is 0 Å². The Balaban J connectivity index is 1.38. The van der Waals surface area contributed by atoms with Crippen LogP contribution in [-0.4, -0.2) is 56.6 Å². The predicted molar refractivity (Wildman–Crippen MR) is 108 cm³/mol. The molecule has 3 atom stereocenters. The summed E-state index contributed by atoms with van der Waals surface area (Å²) in [6.45, 7) is 0.875.